The first-order valence-corrected chi connectivity index (χ1v) is 12.2. The highest BCUT2D eigenvalue weighted by molar-refractivity contribution is 5.90. The minimum Gasteiger partial charge on any atom is -0.361 e. The molecule has 0 radical (unpaired) electrons. The van der Waals surface area contributed by atoms with Gasteiger partial charge >= 0.3 is 0 Å². The van der Waals surface area contributed by atoms with Crippen molar-refractivity contribution in [1.82, 2.24) is 15.8 Å². The predicted molar refractivity (Wildman–Crippen MR) is 144 cm³/mol. The molecule has 0 bridgehead atoms. The fraction of sp³-hybridized carbons (Fsp3) is 0.207. The molecule has 0 aliphatic carbocycles. The molecule has 1 heterocycles. The number of nitrogens with zero attached hydrogens (tertiary/aromatic N) is 1. The number of fused-ring (bicyclic) bond motifs is 1. The number of nitro benzene ring substituents is 1. The summed E-state index contributed by atoms with van der Waals surface area (Å²) in [5.41, 5.74) is 8.96. The maximum absolute atomic E-state index is 11.2. The molecule has 4 aromatic rings. The van der Waals surface area contributed by atoms with E-state index >= 15 is 0 Å². The lowest BCUT2D eigenvalue weighted by atomic mass is 10.0. The smallest absolute Gasteiger partial charge is 0.272 e. The van der Waals surface area contributed by atoms with Crippen LogP contribution < -0.4 is 10.8 Å². The van der Waals surface area contributed by atoms with Gasteiger partial charge in [-0.1, -0.05) is 42.5 Å². The fourth-order valence-electron chi connectivity index (χ4n) is 4.30. The Hall–Kier alpha value is -4.27. The Balaban J connectivity index is 1.31. The number of nitro groups is 1. The van der Waals surface area contributed by atoms with Crippen LogP contribution in [0.5, 0.6) is 0 Å². The highest BCUT2D eigenvalue weighted by atomic mass is 16.6. The van der Waals surface area contributed by atoms with Crippen molar-refractivity contribution in [3.05, 3.63) is 116 Å². The van der Waals surface area contributed by atoms with Crippen LogP contribution in [0.2, 0.25) is 0 Å². The fourth-order valence-corrected chi connectivity index (χ4v) is 4.30. The number of carbonyl (C=O) groups is 1. The third-order valence-corrected chi connectivity index (χ3v) is 6.42. The number of nitrogens with one attached hydrogen (secondary N) is 3. The molecule has 8 nitrogen and oxygen atoms in total. The number of amides is 1. The van der Waals surface area contributed by atoms with E-state index in [1.54, 1.807) is 24.5 Å². The number of carbonyl (C=O) groups excluding carboxylic acids is 1. The average molecular weight is 499 g/mol. The third kappa shape index (κ3) is 6.91. The molecule has 4 rings (SSSR count). The van der Waals surface area contributed by atoms with Gasteiger partial charge in [0.2, 0.25) is 0 Å². The Morgan fingerprint density at radius 1 is 1.00 bits per heavy atom. The maximum Gasteiger partial charge on any atom is 0.272 e. The van der Waals surface area contributed by atoms with E-state index in [-0.39, 0.29) is 10.6 Å². The Morgan fingerprint density at radius 2 is 1.70 bits per heavy atom. The van der Waals surface area contributed by atoms with Crippen LogP contribution in [0.4, 0.5) is 5.69 Å². The Morgan fingerprint density at radius 3 is 2.43 bits per heavy atom. The Bertz CT molecular complexity index is 1420. The van der Waals surface area contributed by atoms with Crippen LogP contribution in [0, 0.1) is 17.0 Å². The molecule has 1 aromatic heterocycles. The van der Waals surface area contributed by atoms with E-state index in [9.17, 15) is 14.9 Å². The molecule has 0 unspecified atom stereocenters. The largest absolute Gasteiger partial charge is 0.361 e. The molecular formula is C29H30N4O4. The van der Waals surface area contributed by atoms with E-state index < -0.39 is 5.91 Å². The molecule has 3 aromatic carbocycles. The summed E-state index contributed by atoms with van der Waals surface area (Å²) in [6.07, 6.45) is 7.41. The van der Waals surface area contributed by atoms with E-state index in [2.05, 4.69) is 34.7 Å². The minimum atomic E-state index is -0.562. The van der Waals surface area contributed by atoms with Crippen LogP contribution in [0.15, 0.2) is 72.9 Å². The van der Waals surface area contributed by atoms with Crippen LogP contribution in [0.25, 0.3) is 17.0 Å². The summed E-state index contributed by atoms with van der Waals surface area (Å²) in [4.78, 5) is 25.3. The van der Waals surface area contributed by atoms with Crippen molar-refractivity contribution in [2.45, 2.75) is 32.7 Å². The zero-order valence-corrected chi connectivity index (χ0v) is 20.7. The van der Waals surface area contributed by atoms with Crippen molar-refractivity contribution in [3.63, 3.8) is 0 Å². The molecule has 0 spiro atoms. The first-order valence-electron chi connectivity index (χ1n) is 12.2. The van der Waals surface area contributed by atoms with E-state index in [0.29, 0.717) is 5.56 Å². The van der Waals surface area contributed by atoms with Gasteiger partial charge in [0.1, 0.15) is 0 Å². The monoisotopic (exact) mass is 498 g/mol. The summed E-state index contributed by atoms with van der Waals surface area (Å²) >= 11 is 0. The normalized spacial score (nSPS) is 11.3. The lowest BCUT2D eigenvalue weighted by molar-refractivity contribution is -0.385. The zero-order chi connectivity index (χ0) is 26.2. The second kappa shape index (κ2) is 12.1. The molecular weight excluding hydrogens is 468 g/mol. The molecule has 190 valence electrons. The number of hydrogen-bond donors (Lipinski definition) is 4. The van der Waals surface area contributed by atoms with Crippen molar-refractivity contribution in [2.24, 2.45) is 0 Å². The number of aryl methyl sites for hydroxylation is 3. The Kier molecular flexibility index (Phi) is 8.45. The van der Waals surface area contributed by atoms with Crippen molar-refractivity contribution in [2.75, 3.05) is 6.54 Å². The van der Waals surface area contributed by atoms with Crippen molar-refractivity contribution in [1.29, 1.82) is 0 Å². The van der Waals surface area contributed by atoms with Gasteiger partial charge < -0.3 is 10.3 Å². The van der Waals surface area contributed by atoms with E-state index in [4.69, 9.17) is 5.21 Å². The predicted octanol–water partition coefficient (Wildman–Crippen LogP) is 5.02. The number of hydroxylamine groups is 1. The topological polar surface area (TPSA) is 120 Å². The summed E-state index contributed by atoms with van der Waals surface area (Å²) in [6, 6.07) is 19.7. The van der Waals surface area contributed by atoms with Crippen LogP contribution in [-0.2, 0) is 30.6 Å². The summed E-state index contributed by atoms with van der Waals surface area (Å²) < 4.78 is 0. The van der Waals surface area contributed by atoms with Gasteiger partial charge in [0.05, 0.1) is 4.92 Å². The molecule has 0 aliphatic rings. The first kappa shape index (κ1) is 25.8. The molecule has 1 amide bonds. The third-order valence-electron chi connectivity index (χ3n) is 6.42. The van der Waals surface area contributed by atoms with Gasteiger partial charge in [-0.25, -0.2) is 5.48 Å². The summed E-state index contributed by atoms with van der Waals surface area (Å²) in [5, 5.41) is 24.5. The van der Waals surface area contributed by atoms with Gasteiger partial charge in [0.25, 0.3) is 11.6 Å². The van der Waals surface area contributed by atoms with Crippen LogP contribution in [0.3, 0.4) is 0 Å². The number of rotatable bonds is 11. The van der Waals surface area contributed by atoms with Crippen LogP contribution in [-0.4, -0.2) is 27.6 Å². The lowest BCUT2D eigenvalue weighted by Gasteiger charge is -2.07. The molecule has 0 fully saturated rings. The number of benzene rings is 3. The zero-order valence-electron chi connectivity index (χ0n) is 20.7. The quantitative estimate of drug-likeness (QED) is 0.0761. The lowest BCUT2D eigenvalue weighted by Crippen LogP contribution is -2.16. The number of aromatic amines is 1. The van der Waals surface area contributed by atoms with Crippen LogP contribution >= 0.6 is 0 Å². The van der Waals surface area contributed by atoms with Crippen molar-refractivity contribution in [3.8, 4) is 0 Å². The molecule has 0 saturated carbocycles. The van der Waals surface area contributed by atoms with E-state index in [0.717, 1.165) is 54.6 Å². The maximum atomic E-state index is 11.2. The highest BCUT2D eigenvalue weighted by Gasteiger charge is 2.11. The van der Waals surface area contributed by atoms with Gasteiger partial charge in [0.15, 0.2) is 0 Å². The molecule has 0 atom stereocenters. The van der Waals surface area contributed by atoms with E-state index in [1.807, 2.05) is 36.4 Å². The summed E-state index contributed by atoms with van der Waals surface area (Å²) in [5.74, 6) is -0.562. The van der Waals surface area contributed by atoms with E-state index in [1.165, 1.54) is 22.6 Å². The second-order valence-electron chi connectivity index (χ2n) is 9.05. The minimum absolute atomic E-state index is 0.174. The molecule has 8 heteroatoms. The van der Waals surface area contributed by atoms with Crippen molar-refractivity contribution < 1.29 is 14.9 Å². The summed E-state index contributed by atoms with van der Waals surface area (Å²) in [7, 11) is 0. The number of H-pyrrole nitrogens is 1. The second-order valence-corrected chi connectivity index (χ2v) is 9.05. The molecule has 4 N–H and O–H groups in total. The standard InChI is InChI=1S/C29H30N4O4/c1-20-2-3-23(17-28(20)33(36)37)7-6-22-10-12-27-26(16-22)25(19-31-27)14-15-30-18-24-8-4-21(5-9-24)11-13-29(34)32-35/h2-5,8-13,16-17,19,30-31,35H,6-7,14-15,18H2,1H3,(H,32,34). The number of hydrogen-bond acceptors (Lipinski definition) is 5. The molecule has 37 heavy (non-hydrogen) atoms. The van der Waals surface area contributed by atoms with Gasteiger partial charge in [-0.05, 0) is 78.8 Å². The average Bonchev–Trinajstić information content (AvgIpc) is 3.31. The molecule has 0 saturated heterocycles. The van der Waals surface area contributed by atoms with Gasteiger partial charge in [-0.2, -0.15) is 0 Å². The van der Waals surface area contributed by atoms with Gasteiger partial charge in [-0.15, -0.1) is 0 Å². The van der Waals surface area contributed by atoms with Crippen molar-refractivity contribution >= 4 is 28.6 Å². The van der Waals surface area contributed by atoms with Gasteiger partial charge in [0, 0.05) is 41.4 Å². The van der Waals surface area contributed by atoms with Crippen LogP contribution in [0.1, 0.15) is 33.4 Å². The first-order chi connectivity index (χ1) is 17.9. The highest BCUT2D eigenvalue weighted by Crippen LogP contribution is 2.23. The summed E-state index contributed by atoms with van der Waals surface area (Å²) in [6.45, 7) is 3.32. The SMILES string of the molecule is Cc1ccc(CCc2ccc3[nH]cc(CCNCc4ccc(C=CC(=O)NO)cc4)c3c2)cc1[N+](=O)[O-]. The Labute approximate surface area is 215 Å². The molecule has 0 aliphatic heterocycles. The number of aromatic nitrogens is 1. The van der Waals surface area contributed by atoms with Gasteiger partial charge in [-0.3, -0.25) is 20.1 Å².